The number of carbonyl (C=O) groups is 1. The van der Waals surface area contributed by atoms with Crippen LogP contribution >= 0.6 is 0 Å². The van der Waals surface area contributed by atoms with Crippen LogP contribution in [0.3, 0.4) is 0 Å². The Kier molecular flexibility index (Phi) is 2.72. The van der Waals surface area contributed by atoms with Crippen molar-refractivity contribution < 1.29 is 9.90 Å². The standard InChI is InChI=1S/C13H17NO2/c1-9-3-5-10(6-4-9)11-7-13(2,12(15)16)14-8-11/h3-6,11,14H,7-8H2,1-2H3,(H,15,16)/t11-,13-/m0/s1. The molecule has 0 radical (unpaired) electrons. The van der Waals surface area contributed by atoms with E-state index in [0.29, 0.717) is 12.3 Å². The molecule has 2 atom stereocenters. The monoisotopic (exact) mass is 219 g/mol. The number of hydrogen-bond donors (Lipinski definition) is 2. The minimum Gasteiger partial charge on any atom is -0.480 e. The Morgan fingerprint density at radius 1 is 1.44 bits per heavy atom. The Morgan fingerprint density at radius 2 is 2.06 bits per heavy atom. The highest BCUT2D eigenvalue weighted by Gasteiger charge is 2.41. The molecule has 1 aliphatic heterocycles. The molecule has 0 spiro atoms. The Balaban J connectivity index is 2.15. The summed E-state index contributed by atoms with van der Waals surface area (Å²) < 4.78 is 0. The number of aliphatic carboxylic acids is 1. The molecule has 1 aromatic carbocycles. The second-order valence-electron chi connectivity index (χ2n) is 4.83. The molecule has 1 aromatic rings. The number of carboxylic acid groups (broad SMARTS) is 1. The number of carboxylic acids is 1. The van der Waals surface area contributed by atoms with E-state index in [4.69, 9.17) is 5.11 Å². The topological polar surface area (TPSA) is 49.3 Å². The lowest BCUT2D eigenvalue weighted by atomic mass is 9.90. The Morgan fingerprint density at radius 3 is 2.56 bits per heavy atom. The van der Waals surface area contributed by atoms with Gasteiger partial charge in [-0.15, -0.1) is 0 Å². The molecule has 0 saturated carbocycles. The molecular weight excluding hydrogens is 202 g/mol. The fourth-order valence-corrected chi connectivity index (χ4v) is 2.22. The summed E-state index contributed by atoms with van der Waals surface area (Å²) in [6.45, 7) is 4.55. The predicted molar refractivity (Wildman–Crippen MR) is 62.6 cm³/mol. The third-order valence-electron chi connectivity index (χ3n) is 3.41. The van der Waals surface area contributed by atoms with Crippen LogP contribution in [0.1, 0.15) is 30.4 Å². The maximum Gasteiger partial charge on any atom is 0.323 e. The van der Waals surface area contributed by atoms with Gasteiger partial charge in [0.1, 0.15) is 5.54 Å². The molecule has 0 amide bonds. The summed E-state index contributed by atoms with van der Waals surface area (Å²) >= 11 is 0. The fraction of sp³-hybridized carbons (Fsp3) is 0.462. The van der Waals surface area contributed by atoms with E-state index in [2.05, 4.69) is 36.5 Å². The van der Waals surface area contributed by atoms with Gasteiger partial charge in [0.15, 0.2) is 0 Å². The summed E-state index contributed by atoms with van der Waals surface area (Å²) in [4.78, 5) is 11.1. The third-order valence-corrected chi connectivity index (χ3v) is 3.41. The molecular formula is C13H17NO2. The highest BCUT2D eigenvalue weighted by atomic mass is 16.4. The summed E-state index contributed by atoms with van der Waals surface area (Å²) in [5.74, 6) is -0.455. The lowest BCUT2D eigenvalue weighted by Crippen LogP contribution is -2.44. The number of aryl methyl sites for hydroxylation is 1. The molecule has 1 fully saturated rings. The van der Waals surface area contributed by atoms with Crippen LogP contribution in [0, 0.1) is 6.92 Å². The van der Waals surface area contributed by atoms with E-state index in [1.54, 1.807) is 6.92 Å². The second kappa shape index (κ2) is 3.91. The fourth-order valence-electron chi connectivity index (χ4n) is 2.22. The summed E-state index contributed by atoms with van der Waals surface area (Å²) in [7, 11) is 0. The number of rotatable bonds is 2. The summed E-state index contributed by atoms with van der Waals surface area (Å²) in [6, 6.07) is 8.34. The predicted octanol–water partition coefficient (Wildman–Crippen LogP) is 1.92. The molecule has 1 saturated heterocycles. The van der Waals surface area contributed by atoms with Crippen molar-refractivity contribution in [2.75, 3.05) is 6.54 Å². The SMILES string of the molecule is Cc1ccc([C@@H]2CN[C@](C)(C(=O)O)C2)cc1. The van der Waals surface area contributed by atoms with Gasteiger partial charge in [-0.3, -0.25) is 4.79 Å². The number of hydrogen-bond acceptors (Lipinski definition) is 2. The van der Waals surface area contributed by atoms with Gasteiger partial charge in [0.2, 0.25) is 0 Å². The first-order valence-corrected chi connectivity index (χ1v) is 5.56. The van der Waals surface area contributed by atoms with E-state index in [1.165, 1.54) is 11.1 Å². The quantitative estimate of drug-likeness (QED) is 0.799. The molecule has 0 aromatic heterocycles. The van der Waals surface area contributed by atoms with Crippen molar-refractivity contribution in [3.8, 4) is 0 Å². The van der Waals surface area contributed by atoms with Crippen LogP contribution in [0.15, 0.2) is 24.3 Å². The third kappa shape index (κ3) is 1.95. The Hall–Kier alpha value is -1.35. The van der Waals surface area contributed by atoms with E-state index in [1.807, 2.05) is 0 Å². The van der Waals surface area contributed by atoms with Gasteiger partial charge in [-0.2, -0.15) is 0 Å². The van der Waals surface area contributed by atoms with Crippen molar-refractivity contribution in [1.82, 2.24) is 5.32 Å². The second-order valence-corrected chi connectivity index (χ2v) is 4.83. The first-order valence-electron chi connectivity index (χ1n) is 5.56. The number of benzene rings is 1. The smallest absolute Gasteiger partial charge is 0.323 e. The van der Waals surface area contributed by atoms with Crippen molar-refractivity contribution in [2.24, 2.45) is 0 Å². The first kappa shape index (κ1) is 11.1. The van der Waals surface area contributed by atoms with Crippen molar-refractivity contribution in [3.05, 3.63) is 35.4 Å². The highest BCUT2D eigenvalue weighted by Crippen LogP contribution is 2.32. The highest BCUT2D eigenvalue weighted by molar-refractivity contribution is 5.79. The van der Waals surface area contributed by atoms with Crippen LogP contribution in [-0.4, -0.2) is 23.2 Å². The molecule has 0 unspecified atom stereocenters. The summed E-state index contributed by atoms with van der Waals surface area (Å²) in [5.41, 5.74) is 1.69. The molecule has 16 heavy (non-hydrogen) atoms. The molecule has 3 nitrogen and oxygen atoms in total. The molecule has 0 bridgehead atoms. The lowest BCUT2D eigenvalue weighted by molar-refractivity contribution is -0.143. The molecule has 1 heterocycles. The zero-order valence-electron chi connectivity index (χ0n) is 9.66. The van der Waals surface area contributed by atoms with Gasteiger partial charge in [0, 0.05) is 6.54 Å². The van der Waals surface area contributed by atoms with E-state index in [-0.39, 0.29) is 0 Å². The molecule has 2 rings (SSSR count). The molecule has 0 aliphatic carbocycles. The van der Waals surface area contributed by atoms with Crippen molar-refractivity contribution in [3.63, 3.8) is 0 Å². The zero-order valence-corrected chi connectivity index (χ0v) is 9.66. The van der Waals surface area contributed by atoms with Gasteiger partial charge in [-0.05, 0) is 31.7 Å². The van der Waals surface area contributed by atoms with Gasteiger partial charge < -0.3 is 10.4 Å². The molecule has 2 N–H and O–H groups in total. The Labute approximate surface area is 95.5 Å². The zero-order chi connectivity index (χ0) is 11.8. The van der Waals surface area contributed by atoms with E-state index in [9.17, 15) is 4.79 Å². The van der Waals surface area contributed by atoms with Crippen LogP contribution in [0.5, 0.6) is 0 Å². The maximum atomic E-state index is 11.1. The average Bonchev–Trinajstić information content (AvgIpc) is 2.63. The van der Waals surface area contributed by atoms with Crippen LogP contribution in [0.25, 0.3) is 0 Å². The maximum absolute atomic E-state index is 11.1. The average molecular weight is 219 g/mol. The molecule has 1 aliphatic rings. The normalized spacial score (nSPS) is 29.2. The largest absolute Gasteiger partial charge is 0.480 e. The van der Waals surface area contributed by atoms with Crippen LogP contribution in [0.4, 0.5) is 0 Å². The molecule has 86 valence electrons. The summed E-state index contributed by atoms with van der Waals surface area (Å²) in [5, 5.41) is 12.2. The lowest BCUT2D eigenvalue weighted by Gasteiger charge is -2.18. The van der Waals surface area contributed by atoms with Gasteiger partial charge in [0.05, 0.1) is 0 Å². The van der Waals surface area contributed by atoms with E-state index in [0.717, 1.165) is 6.54 Å². The minimum atomic E-state index is -0.768. The minimum absolute atomic E-state index is 0.307. The summed E-state index contributed by atoms with van der Waals surface area (Å²) in [6.07, 6.45) is 0.658. The van der Waals surface area contributed by atoms with Crippen LogP contribution < -0.4 is 5.32 Å². The van der Waals surface area contributed by atoms with E-state index < -0.39 is 11.5 Å². The van der Waals surface area contributed by atoms with Crippen molar-refractivity contribution in [2.45, 2.75) is 31.7 Å². The van der Waals surface area contributed by atoms with Crippen LogP contribution in [-0.2, 0) is 4.79 Å². The first-order chi connectivity index (χ1) is 7.51. The number of nitrogens with one attached hydrogen (secondary N) is 1. The van der Waals surface area contributed by atoms with Gasteiger partial charge in [-0.25, -0.2) is 0 Å². The van der Waals surface area contributed by atoms with Gasteiger partial charge in [0.25, 0.3) is 0 Å². The molecule has 3 heteroatoms. The van der Waals surface area contributed by atoms with Crippen LogP contribution in [0.2, 0.25) is 0 Å². The Bertz CT molecular complexity index is 399. The van der Waals surface area contributed by atoms with Crippen molar-refractivity contribution in [1.29, 1.82) is 0 Å². The van der Waals surface area contributed by atoms with Gasteiger partial charge in [-0.1, -0.05) is 29.8 Å². The van der Waals surface area contributed by atoms with Gasteiger partial charge >= 0.3 is 5.97 Å². The van der Waals surface area contributed by atoms with E-state index >= 15 is 0 Å². The van der Waals surface area contributed by atoms with Crippen molar-refractivity contribution >= 4 is 5.97 Å².